The van der Waals surface area contributed by atoms with Crippen molar-refractivity contribution in [3.8, 4) is 0 Å². The molecule has 0 heterocycles. The average molecular weight is 183 g/mol. The largest absolute Gasteiger partial charge is 0.465 e. The minimum atomic E-state index is -1.04. The van der Waals surface area contributed by atoms with Crippen molar-refractivity contribution in [3.63, 3.8) is 0 Å². The Morgan fingerprint density at radius 2 is 2.23 bits per heavy atom. The zero-order chi connectivity index (χ0) is 10.1. The maximum absolute atomic E-state index is 10.3. The highest BCUT2D eigenvalue weighted by atomic mass is 16.4. The second kappa shape index (κ2) is 7.40. The number of carboxylic acid groups (broad SMARTS) is 1. The molecule has 2 N–H and O–H groups in total. The lowest BCUT2D eigenvalue weighted by molar-refractivity contribution is 0.198. The summed E-state index contributed by atoms with van der Waals surface area (Å²) in [4.78, 5) is 10.3. The molecule has 0 saturated heterocycles. The molecule has 0 rings (SSSR count). The van der Waals surface area contributed by atoms with Crippen LogP contribution in [0.2, 0.25) is 0 Å². The van der Waals surface area contributed by atoms with Crippen molar-refractivity contribution in [3.05, 3.63) is 24.4 Å². The monoisotopic (exact) mass is 183 g/mol. The van der Waals surface area contributed by atoms with Gasteiger partial charge in [0.15, 0.2) is 0 Å². The highest BCUT2D eigenvalue weighted by molar-refractivity contribution is 5.67. The topological polar surface area (TPSA) is 49.3 Å². The van der Waals surface area contributed by atoms with Crippen LogP contribution in [-0.4, -0.2) is 11.2 Å². The van der Waals surface area contributed by atoms with Gasteiger partial charge in [0.25, 0.3) is 0 Å². The highest BCUT2D eigenvalue weighted by Gasteiger charge is 1.95. The predicted octanol–water partition coefficient (Wildman–Crippen LogP) is 2.90. The summed E-state index contributed by atoms with van der Waals surface area (Å²) in [6, 6.07) is 0. The first-order valence-electron chi connectivity index (χ1n) is 4.53. The van der Waals surface area contributed by atoms with Crippen LogP contribution < -0.4 is 5.32 Å². The molecule has 0 spiro atoms. The fraction of sp³-hybridized carbons (Fsp3) is 0.500. The molecule has 0 aromatic rings. The van der Waals surface area contributed by atoms with Crippen LogP contribution in [0.5, 0.6) is 0 Å². The van der Waals surface area contributed by atoms with E-state index < -0.39 is 6.09 Å². The minimum Gasteiger partial charge on any atom is -0.465 e. The Bertz CT molecular complexity index is 197. The molecule has 0 aromatic heterocycles. The molecule has 74 valence electrons. The van der Waals surface area contributed by atoms with Crippen molar-refractivity contribution in [2.24, 2.45) is 0 Å². The third-order valence-corrected chi connectivity index (χ3v) is 1.64. The first-order valence-corrected chi connectivity index (χ1v) is 4.53. The molecule has 0 radical (unpaired) electrons. The molecule has 0 bridgehead atoms. The van der Waals surface area contributed by atoms with Crippen LogP contribution in [0.1, 0.15) is 32.6 Å². The molecule has 0 aliphatic rings. The standard InChI is InChI=1S/C10H17NO2/c1-3-5-6-7-8-9(4-2)11-10(12)13/h4,8,11H,2-3,5-7H2,1H3,(H,12,13). The SMILES string of the molecule is C=CC(=CCCCCC)NC(=O)O. The van der Waals surface area contributed by atoms with E-state index in [1.807, 2.05) is 6.08 Å². The molecule has 0 aliphatic carbocycles. The van der Waals surface area contributed by atoms with Crippen LogP contribution in [0.4, 0.5) is 4.79 Å². The van der Waals surface area contributed by atoms with Gasteiger partial charge in [-0.3, -0.25) is 5.32 Å². The van der Waals surface area contributed by atoms with E-state index in [-0.39, 0.29) is 0 Å². The third-order valence-electron chi connectivity index (χ3n) is 1.64. The van der Waals surface area contributed by atoms with Gasteiger partial charge in [0.05, 0.1) is 0 Å². The predicted molar refractivity (Wildman–Crippen MR) is 53.6 cm³/mol. The molecule has 3 nitrogen and oxygen atoms in total. The molecular weight excluding hydrogens is 166 g/mol. The summed E-state index contributed by atoms with van der Waals surface area (Å²) in [5.74, 6) is 0. The third kappa shape index (κ3) is 7.12. The van der Waals surface area contributed by atoms with E-state index in [9.17, 15) is 4.79 Å². The number of carbonyl (C=O) groups is 1. The number of rotatable bonds is 6. The Kier molecular flexibility index (Phi) is 6.69. The van der Waals surface area contributed by atoms with Crippen molar-refractivity contribution in [1.82, 2.24) is 5.32 Å². The van der Waals surface area contributed by atoms with Crippen LogP contribution in [0, 0.1) is 0 Å². The number of amides is 1. The van der Waals surface area contributed by atoms with E-state index in [2.05, 4.69) is 18.8 Å². The van der Waals surface area contributed by atoms with Crippen LogP contribution in [0.25, 0.3) is 0 Å². The molecule has 0 atom stereocenters. The van der Waals surface area contributed by atoms with E-state index in [1.165, 1.54) is 18.9 Å². The van der Waals surface area contributed by atoms with Crippen LogP contribution in [0.15, 0.2) is 24.4 Å². The van der Waals surface area contributed by atoms with E-state index >= 15 is 0 Å². The second-order valence-corrected chi connectivity index (χ2v) is 2.79. The summed E-state index contributed by atoms with van der Waals surface area (Å²) in [7, 11) is 0. The van der Waals surface area contributed by atoms with Gasteiger partial charge in [-0.05, 0) is 18.9 Å². The number of hydrogen-bond acceptors (Lipinski definition) is 1. The van der Waals surface area contributed by atoms with Gasteiger partial charge in [0.1, 0.15) is 0 Å². The van der Waals surface area contributed by atoms with Crippen molar-refractivity contribution in [1.29, 1.82) is 0 Å². The molecule has 0 aliphatic heterocycles. The maximum Gasteiger partial charge on any atom is 0.409 e. The van der Waals surface area contributed by atoms with E-state index in [4.69, 9.17) is 5.11 Å². The fourth-order valence-electron chi connectivity index (χ4n) is 0.961. The smallest absolute Gasteiger partial charge is 0.409 e. The van der Waals surface area contributed by atoms with Gasteiger partial charge < -0.3 is 5.11 Å². The van der Waals surface area contributed by atoms with E-state index in [1.54, 1.807) is 0 Å². The summed E-state index contributed by atoms with van der Waals surface area (Å²) in [5, 5.41) is 10.7. The molecule has 1 amide bonds. The highest BCUT2D eigenvalue weighted by Crippen LogP contribution is 2.02. The Morgan fingerprint density at radius 1 is 1.54 bits per heavy atom. The molecule has 0 fully saturated rings. The summed E-state index contributed by atoms with van der Waals surface area (Å²) in [5.41, 5.74) is 0.573. The lowest BCUT2D eigenvalue weighted by Crippen LogP contribution is -2.18. The summed E-state index contributed by atoms with van der Waals surface area (Å²) in [6.45, 7) is 5.65. The Labute approximate surface area is 79.2 Å². The average Bonchev–Trinajstić information content (AvgIpc) is 2.09. The van der Waals surface area contributed by atoms with Gasteiger partial charge in [-0.25, -0.2) is 4.79 Å². The molecule has 0 unspecified atom stereocenters. The zero-order valence-corrected chi connectivity index (χ0v) is 8.05. The Morgan fingerprint density at radius 3 is 2.69 bits per heavy atom. The van der Waals surface area contributed by atoms with Crippen molar-refractivity contribution in [2.75, 3.05) is 0 Å². The van der Waals surface area contributed by atoms with Crippen molar-refractivity contribution >= 4 is 6.09 Å². The van der Waals surface area contributed by atoms with E-state index in [0.29, 0.717) is 5.70 Å². The van der Waals surface area contributed by atoms with Gasteiger partial charge >= 0.3 is 6.09 Å². The molecule has 0 aromatic carbocycles. The van der Waals surface area contributed by atoms with E-state index in [0.717, 1.165) is 12.8 Å². The quantitative estimate of drug-likeness (QED) is 0.491. The summed E-state index contributed by atoms with van der Waals surface area (Å²) in [6.07, 6.45) is 6.67. The maximum atomic E-state index is 10.3. The number of nitrogens with one attached hydrogen (secondary N) is 1. The van der Waals surface area contributed by atoms with Gasteiger partial charge in [-0.2, -0.15) is 0 Å². The fourth-order valence-corrected chi connectivity index (χ4v) is 0.961. The zero-order valence-electron chi connectivity index (χ0n) is 8.05. The van der Waals surface area contributed by atoms with Crippen LogP contribution >= 0.6 is 0 Å². The lowest BCUT2D eigenvalue weighted by Gasteiger charge is -2.00. The minimum absolute atomic E-state index is 0.573. The summed E-state index contributed by atoms with van der Waals surface area (Å²) >= 11 is 0. The Hall–Kier alpha value is -1.25. The second-order valence-electron chi connectivity index (χ2n) is 2.79. The van der Waals surface area contributed by atoms with Crippen LogP contribution in [0.3, 0.4) is 0 Å². The Balaban J connectivity index is 3.78. The lowest BCUT2D eigenvalue weighted by atomic mass is 10.2. The number of unbranched alkanes of at least 4 members (excludes halogenated alkanes) is 3. The molecular formula is C10H17NO2. The molecule has 3 heteroatoms. The van der Waals surface area contributed by atoms with Gasteiger partial charge in [0.2, 0.25) is 0 Å². The van der Waals surface area contributed by atoms with Crippen molar-refractivity contribution in [2.45, 2.75) is 32.6 Å². The molecule has 13 heavy (non-hydrogen) atoms. The number of hydrogen-bond donors (Lipinski definition) is 2. The first kappa shape index (κ1) is 11.8. The van der Waals surface area contributed by atoms with Gasteiger partial charge in [-0.15, -0.1) is 0 Å². The molecule has 0 saturated carbocycles. The summed E-state index contributed by atoms with van der Waals surface area (Å²) < 4.78 is 0. The normalized spacial score (nSPS) is 11.0. The first-order chi connectivity index (χ1) is 6.20. The van der Waals surface area contributed by atoms with Gasteiger partial charge in [0, 0.05) is 5.70 Å². The van der Waals surface area contributed by atoms with Gasteiger partial charge in [-0.1, -0.05) is 32.4 Å². The number of allylic oxidation sites excluding steroid dienone is 2. The van der Waals surface area contributed by atoms with Crippen molar-refractivity contribution < 1.29 is 9.90 Å². The van der Waals surface area contributed by atoms with Crippen LogP contribution in [-0.2, 0) is 0 Å².